The first-order valence-electron chi connectivity index (χ1n) is 6.99. The van der Waals surface area contributed by atoms with E-state index in [2.05, 4.69) is 0 Å². The third-order valence-corrected chi connectivity index (χ3v) is 3.17. The number of benzene rings is 2. The standard InChI is InChI=1S/C17H15F3O3/c1-3-17(21)23-15-6-4-5-12(18)11(15)9-22-16-8-13(19)10(2)7-14(16)20/h4-8H,3,9H2,1-2H3. The molecule has 0 amide bonds. The first-order valence-corrected chi connectivity index (χ1v) is 6.99. The maximum absolute atomic E-state index is 13.9. The van der Waals surface area contributed by atoms with E-state index < -0.39 is 30.0 Å². The Morgan fingerprint density at radius 1 is 1.04 bits per heavy atom. The van der Waals surface area contributed by atoms with Crippen LogP contribution in [-0.4, -0.2) is 5.97 Å². The van der Waals surface area contributed by atoms with Crippen molar-refractivity contribution >= 4 is 5.97 Å². The van der Waals surface area contributed by atoms with Crippen LogP contribution in [0.4, 0.5) is 13.2 Å². The van der Waals surface area contributed by atoms with Crippen molar-refractivity contribution < 1.29 is 27.4 Å². The molecule has 0 bridgehead atoms. The lowest BCUT2D eigenvalue weighted by Crippen LogP contribution is -2.10. The lowest BCUT2D eigenvalue weighted by molar-refractivity contribution is -0.134. The summed E-state index contributed by atoms with van der Waals surface area (Å²) >= 11 is 0. The SMILES string of the molecule is CCC(=O)Oc1cccc(F)c1COc1cc(F)c(C)cc1F. The molecule has 2 rings (SSSR count). The Bertz CT molecular complexity index is 729. The minimum absolute atomic E-state index is 0.00941. The van der Waals surface area contributed by atoms with Crippen LogP contribution >= 0.6 is 0 Å². The van der Waals surface area contributed by atoms with Crippen molar-refractivity contribution in [1.29, 1.82) is 0 Å². The quantitative estimate of drug-likeness (QED) is 0.607. The summed E-state index contributed by atoms with van der Waals surface area (Å²) in [4.78, 5) is 11.4. The Morgan fingerprint density at radius 3 is 2.48 bits per heavy atom. The van der Waals surface area contributed by atoms with E-state index in [-0.39, 0.29) is 29.0 Å². The van der Waals surface area contributed by atoms with Crippen LogP contribution in [0, 0.1) is 24.4 Å². The number of hydrogen-bond acceptors (Lipinski definition) is 3. The highest BCUT2D eigenvalue weighted by Gasteiger charge is 2.15. The molecule has 0 unspecified atom stereocenters. The third-order valence-electron chi connectivity index (χ3n) is 3.17. The van der Waals surface area contributed by atoms with E-state index in [4.69, 9.17) is 9.47 Å². The number of carbonyl (C=O) groups is 1. The monoisotopic (exact) mass is 324 g/mol. The third kappa shape index (κ3) is 4.03. The maximum Gasteiger partial charge on any atom is 0.310 e. The van der Waals surface area contributed by atoms with Gasteiger partial charge in [-0.05, 0) is 30.7 Å². The van der Waals surface area contributed by atoms with Crippen LogP contribution in [0.5, 0.6) is 11.5 Å². The van der Waals surface area contributed by atoms with Crippen molar-refractivity contribution in [2.75, 3.05) is 0 Å². The number of aryl methyl sites for hydroxylation is 1. The topological polar surface area (TPSA) is 35.5 Å². The number of ether oxygens (including phenoxy) is 2. The summed E-state index contributed by atoms with van der Waals surface area (Å²) in [6, 6.07) is 5.83. The molecule has 2 aromatic carbocycles. The summed E-state index contributed by atoms with van der Waals surface area (Å²) in [6.45, 7) is 2.61. The first kappa shape index (κ1) is 16.9. The van der Waals surface area contributed by atoms with Crippen molar-refractivity contribution in [1.82, 2.24) is 0 Å². The molecule has 0 aliphatic carbocycles. The fourth-order valence-electron chi connectivity index (χ4n) is 1.86. The molecule has 0 saturated heterocycles. The molecule has 3 nitrogen and oxygen atoms in total. The second kappa shape index (κ2) is 7.17. The summed E-state index contributed by atoms with van der Waals surface area (Å²) in [5.74, 6) is -2.95. The van der Waals surface area contributed by atoms with E-state index >= 15 is 0 Å². The Kier molecular flexibility index (Phi) is 5.26. The van der Waals surface area contributed by atoms with E-state index in [0.717, 1.165) is 18.2 Å². The molecule has 0 saturated carbocycles. The predicted octanol–water partition coefficient (Wildman–Crippen LogP) is 4.31. The maximum atomic E-state index is 13.9. The Morgan fingerprint density at radius 2 is 1.78 bits per heavy atom. The van der Waals surface area contributed by atoms with Gasteiger partial charge in [-0.1, -0.05) is 13.0 Å². The zero-order valence-corrected chi connectivity index (χ0v) is 12.7. The molecule has 0 N–H and O–H groups in total. The van der Waals surface area contributed by atoms with Crippen LogP contribution < -0.4 is 9.47 Å². The van der Waals surface area contributed by atoms with Crippen molar-refractivity contribution in [3.63, 3.8) is 0 Å². The summed E-state index contributed by atoms with van der Waals surface area (Å²) < 4.78 is 51.3. The molecule has 122 valence electrons. The molecule has 0 aliphatic heterocycles. The smallest absolute Gasteiger partial charge is 0.310 e. The van der Waals surface area contributed by atoms with E-state index in [9.17, 15) is 18.0 Å². The van der Waals surface area contributed by atoms with Crippen LogP contribution in [0.15, 0.2) is 30.3 Å². The normalized spacial score (nSPS) is 10.5. The molecule has 0 aliphatic rings. The Balaban J connectivity index is 2.23. The van der Waals surface area contributed by atoms with Gasteiger partial charge in [0.2, 0.25) is 0 Å². The largest absolute Gasteiger partial charge is 0.485 e. The van der Waals surface area contributed by atoms with Gasteiger partial charge < -0.3 is 9.47 Å². The Hall–Kier alpha value is -2.50. The molecular formula is C17H15F3O3. The molecule has 23 heavy (non-hydrogen) atoms. The molecule has 0 atom stereocenters. The highest BCUT2D eigenvalue weighted by Crippen LogP contribution is 2.26. The number of hydrogen-bond donors (Lipinski definition) is 0. The van der Waals surface area contributed by atoms with E-state index in [1.54, 1.807) is 6.92 Å². The minimum atomic E-state index is -0.757. The van der Waals surface area contributed by atoms with Crippen molar-refractivity contribution in [2.24, 2.45) is 0 Å². The first-order chi connectivity index (χ1) is 10.9. The van der Waals surface area contributed by atoms with Crippen molar-refractivity contribution in [3.05, 3.63) is 58.9 Å². The number of carbonyl (C=O) groups excluding carboxylic acids is 1. The summed E-state index contributed by atoms with van der Waals surface area (Å²) in [5, 5.41) is 0. The zero-order valence-electron chi connectivity index (χ0n) is 12.7. The lowest BCUT2D eigenvalue weighted by atomic mass is 10.2. The molecule has 0 radical (unpaired) electrons. The second-order valence-corrected chi connectivity index (χ2v) is 4.86. The van der Waals surface area contributed by atoms with Gasteiger partial charge in [-0.2, -0.15) is 0 Å². The predicted molar refractivity (Wildman–Crippen MR) is 77.8 cm³/mol. The molecular weight excluding hydrogens is 309 g/mol. The van der Waals surface area contributed by atoms with Gasteiger partial charge in [0.15, 0.2) is 11.6 Å². The fraction of sp³-hybridized carbons (Fsp3) is 0.235. The molecule has 0 heterocycles. The van der Waals surface area contributed by atoms with Crippen molar-refractivity contribution in [2.45, 2.75) is 26.9 Å². The van der Waals surface area contributed by atoms with Crippen LogP contribution in [-0.2, 0) is 11.4 Å². The summed E-state index contributed by atoms with van der Waals surface area (Å²) in [7, 11) is 0. The molecule has 0 spiro atoms. The van der Waals surface area contributed by atoms with Gasteiger partial charge in [-0.25, -0.2) is 13.2 Å². The molecule has 6 heteroatoms. The zero-order chi connectivity index (χ0) is 17.0. The average molecular weight is 324 g/mol. The van der Waals surface area contributed by atoms with E-state index in [1.165, 1.54) is 19.1 Å². The second-order valence-electron chi connectivity index (χ2n) is 4.86. The number of esters is 1. The minimum Gasteiger partial charge on any atom is -0.485 e. The van der Waals surface area contributed by atoms with Gasteiger partial charge in [-0.15, -0.1) is 0 Å². The van der Waals surface area contributed by atoms with Gasteiger partial charge in [-0.3, -0.25) is 4.79 Å². The molecule has 0 aromatic heterocycles. The van der Waals surface area contributed by atoms with Gasteiger partial charge in [0, 0.05) is 12.5 Å². The summed E-state index contributed by atoms with van der Waals surface area (Å²) in [5.41, 5.74) is 0.0907. The van der Waals surface area contributed by atoms with Crippen LogP contribution in [0.25, 0.3) is 0 Å². The van der Waals surface area contributed by atoms with Crippen molar-refractivity contribution in [3.8, 4) is 11.5 Å². The van der Waals surface area contributed by atoms with Crippen LogP contribution in [0.2, 0.25) is 0 Å². The number of halogens is 3. The van der Waals surface area contributed by atoms with Gasteiger partial charge in [0.05, 0.1) is 5.56 Å². The highest BCUT2D eigenvalue weighted by atomic mass is 19.1. The highest BCUT2D eigenvalue weighted by molar-refractivity contribution is 5.72. The number of rotatable bonds is 5. The molecule has 0 fully saturated rings. The van der Waals surface area contributed by atoms with Gasteiger partial charge in [0.1, 0.15) is 24.0 Å². The van der Waals surface area contributed by atoms with Crippen LogP contribution in [0.3, 0.4) is 0 Å². The van der Waals surface area contributed by atoms with Gasteiger partial charge in [0.25, 0.3) is 0 Å². The van der Waals surface area contributed by atoms with E-state index in [1.807, 2.05) is 0 Å². The fourth-order valence-corrected chi connectivity index (χ4v) is 1.86. The summed E-state index contributed by atoms with van der Waals surface area (Å²) in [6.07, 6.45) is 0.120. The average Bonchev–Trinajstić information content (AvgIpc) is 2.51. The van der Waals surface area contributed by atoms with Crippen LogP contribution in [0.1, 0.15) is 24.5 Å². The van der Waals surface area contributed by atoms with E-state index in [0.29, 0.717) is 0 Å². The van der Waals surface area contributed by atoms with Gasteiger partial charge >= 0.3 is 5.97 Å². The Labute approximate surface area is 131 Å². The molecule has 2 aromatic rings. The lowest BCUT2D eigenvalue weighted by Gasteiger charge is -2.13.